The molecule has 18 heavy (non-hydrogen) atoms. The number of halogens is 1. The van der Waals surface area contributed by atoms with Crippen molar-refractivity contribution in [2.24, 2.45) is 0 Å². The largest absolute Gasteiger partial charge is 0.421 e. The molecule has 1 aromatic carbocycles. The Morgan fingerprint density at radius 3 is 2.89 bits per heavy atom. The lowest BCUT2D eigenvalue weighted by Crippen LogP contribution is -2.25. The molecule has 0 bridgehead atoms. The summed E-state index contributed by atoms with van der Waals surface area (Å²) in [6, 6.07) is 6.55. The van der Waals surface area contributed by atoms with Crippen molar-refractivity contribution in [1.29, 1.82) is 0 Å². The maximum atomic E-state index is 13.1. The molecule has 0 amide bonds. The van der Waals surface area contributed by atoms with E-state index in [0.717, 1.165) is 6.54 Å². The Bertz CT molecular complexity index is 510. The molecular weight excluding hydrogens is 233 g/mol. The van der Waals surface area contributed by atoms with Crippen molar-refractivity contribution < 1.29 is 8.81 Å². The molecule has 0 atom stereocenters. The van der Waals surface area contributed by atoms with Crippen LogP contribution < -0.4 is 5.32 Å². The van der Waals surface area contributed by atoms with E-state index in [4.69, 9.17) is 4.42 Å². The highest BCUT2D eigenvalue weighted by atomic mass is 19.1. The third kappa shape index (κ3) is 3.37. The molecule has 0 aliphatic heterocycles. The standard InChI is InChI=1S/C13H16FN3O/c1-9(2)15-7-6-12-16-17-13(18-12)10-4-3-5-11(14)8-10/h3-5,8-9,15H,6-7H2,1-2H3. The van der Waals surface area contributed by atoms with Gasteiger partial charge in [-0.1, -0.05) is 19.9 Å². The van der Waals surface area contributed by atoms with Crippen molar-refractivity contribution in [1.82, 2.24) is 15.5 Å². The van der Waals surface area contributed by atoms with Gasteiger partial charge in [0.05, 0.1) is 0 Å². The van der Waals surface area contributed by atoms with Crippen LogP contribution in [-0.2, 0) is 6.42 Å². The quantitative estimate of drug-likeness (QED) is 0.884. The van der Waals surface area contributed by atoms with E-state index in [1.807, 2.05) is 0 Å². The van der Waals surface area contributed by atoms with E-state index < -0.39 is 0 Å². The van der Waals surface area contributed by atoms with Crippen LogP contribution in [0.5, 0.6) is 0 Å². The first-order valence-corrected chi connectivity index (χ1v) is 5.97. The van der Waals surface area contributed by atoms with Gasteiger partial charge < -0.3 is 9.73 Å². The van der Waals surface area contributed by atoms with Crippen molar-refractivity contribution in [3.8, 4) is 11.5 Å². The highest BCUT2D eigenvalue weighted by Crippen LogP contribution is 2.18. The smallest absolute Gasteiger partial charge is 0.247 e. The SMILES string of the molecule is CC(C)NCCc1nnc(-c2cccc(F)c2)o1. The molecule has 0 radical (unpaired) electrons. The fourth-order valence-corrected chi connectivity index (χ4v) is 1.56. The monoisotopic (exact) mass is 249 g/mol. The van der Waals surface area contributed by atoms with Crippen LogP contribution in [0.1, 0.15) is 19.7 Å². The summed E-state index contributed by atoms with van der Waals surface area (Å²) < 4.78 is 18.5. The second kappa shape index (κ2) is 5.73. The molecule has 0 unspecified atom stereocenters. The van der Waals surface area contributed by atoms with Gasteiger partial charge in [0.1, 0.15) is 5.82 Å². The molecule has 5 heteroatoms. The van der Waals surface area contributed by atoms with E-state index in [1.165, 1.54) is 12.1 Å². The maximum absolute atomic E-state index is 13.1. The zero-order chi connectivity index (χ0) is 13.0. The highest BCUT2D eigenvalue weighted by molar-refractivity contribution is 5.52. The Balaban J connectivity index is 2.02. The molecule has 96 valence electrons. The van der Waals surface area contributed by atoms with Crippen LogP contribution >= 0.6 is 0 Å². The zero-order valence-corrected chi connectivity index (χ0v) is 10.5. The van der Waals surface area contributed by atoms with Gasteiger partial charge in [0.25, 0.3) is 0 Å². The number of nitrogens with one attached hydrogen (secondary N) is 1. The molecular formula is C13H16FN3O. The van der Waals surface area contributed by atoms with Crippen LogP contribution in [0.3, 0.4) is 0 Å². The first-order valence-electron chi connectivity index (χ1n) is 5.97. The molecule has 0 saturated carbocycles. The Morgan fingerprint density at radius 1 is 1.33 bits per heavy atom. The molecule has 1 heterocycles. The predicted molar refractivity (Wildman–Crippen MR) is 66.5 cm³/mol. The molecule has 0 saturated heterocycles. The average molecular weight is 249 g/mol. The topological polar surface area (TPSA) is 51.0 Å². The first kappa shape index (κ1) is 12.7. The van der Waals surface area contributed by atoms with Crippen molar-refractivity contribution in [2.75, 3.05) is 6.54 Å². The van der Waals surface area contributed by atoms with E-state index in [2.05, 4.69) is 29.4 Å². The highest BCUT2D eigenvalue weighted by Gasteiger charge is 2.08. The van der Waals surface area contributed by atoms with Crippen LogP contribution in [0.15, 0.2) is 28.7 Å². The van der Waals surface area contributed by atoms with Crippen LogP contribution in [0, 0.1) is 5.82 Å². The van der Waals surface area contributed by atoms with Crippen LogP contribution in [0.4, 0.5) is 4.39 Å². The summed E-state index contributed by atoms with van der Waals surface area (Å²) in [5.41, 5.74) is 0.602. The van der Waals surface area contributed by atoms with E-state index in [0.29, 0.717) is 29.8 Å². The van der Waals surface area contributed by atoms with Gasteiger partial charge in [-0.2, -0.15) is 0 Å². The summed E-state index contributed by atoms with van der Waals surface area (Å²) in [6.07, 6.45) is 0.667. The van der Waals surface area contributed by atoms with Gasteiger partial charge in [-0.3, -0.25) is 0 Å². The summed E-state index contributed by atoms with van der Waals surface area (Å²) >= 11 is 0. The van der Waals surface area contributed by atoms with Gasteiger partial charge in [-0.05, 0) is 18.2 Å². The van der Waals surface area contributed by atoms with Crippen molar-refractivity contribution in [3.63, 3.8) is 0 Å². The van der Waals surface area contributed by atoms with Crippen molar-refractivity contribution in [2.45, 2.75) is 26.3 Å². The fraction of sp³-hybridized carbons (Fsp3) is 0.385. The second-order valence-electron chi connectivity index (χ2n) is 4.37. The third-order valence-electron chi connectivity index (χ3n) is 2.43. The van der Waals surface area contributed by atoms with E-state index in [1.54, 1.807) is 12.1 Å². The van der Waals surface area contributed by atoms with Gasteiger partial charge in [0.2, 0.25) is 11.8 Å². The number of nitrogens with zero attached hydrogens (tertiary/aromatic N) is 2. The molecule has 1 N–H and O–H groups in total. The minimum Gasteiger partial charge on any atom is -0.421 e. The lowest BCUT2D eigenvalue weighted by atomic mass is 10.2. The number of hydrogen-bond acceptors (Lipinski definition) is 4. The third-order valence-corrected chi connectivity index (χ3v) is 2.43. The molecule has 2 rings (SSSR count). The van der Waals surface area contributed by atoms with Crippen LogP contribution in [0.25, 0.3) is 11.5 Å². The van der Waals surface area contributed by atoms with E-state index in [9.17, 15) is 4.39 Å². The number of hydrogen-bond donors (Lipinski definition) is 1. The predicted octanol–water partition coefficient (Wildman–Crippen LogP) is 2.42. The van der Waals surface area contributed by atoms with E-state index >= 15 is 0 Å². The molecule has 2 aromatic rings. The lowest BCUT2D eigenvalue weighted by molar-refractivity contribution is 0.484. The van der Waals surface area contributed by atoms with Gasteiger partial charge >= 0.3 is 0 Å². The normalized spacial score (nSPS) is 11.1. The van der Waals surface area contributed by atoms with Crippen molar-refractivity contribution in [3.05, 3.63) is 36.0 Å². The van der Waals surface area contributed by atoms with Gasteiger partial charge in [0, 0.05) is 24.6 Å². The molecule has 0 fully saturated rings. The summed E-state index contributed by atoms with van der Waals surface area (Å²) in [5, 5.41) is 11.1. The fourth-order valence-electron chi connectivity index (χ4n) is 1.56. The molecule has 4 nitrogen and oxygen atoms in total. The van der Waals surface area contributed by atoms with Crippen LogP contribution in [-0.4, -0.2) is 22.8 Å². The maximum Gasteiger partial charge on any atom is 0.247 e. The Morgan fingerprint density at radius 2 is 2.17 bits per heavy atom. The Labute approximate surface area is 105 Å². The Kier molecular flexibility index (Phi) is 4.04. The number of benzene rings is 1. The minimum atomic E-state index is -0.311. The molecule has 0 aliphatic carbocycles. The van der Waals surface area contributed by atoms with Gasteiger partial charge in [-0.15, -0.1) is 10.2 Å². The molecule has 0 aliphatic rings. The summed E-state index contributed by atoms with van der Waals surface area (Å²) in [4.78, 5) is 0. The summed E-state index contributed by atoms with van der Waals surface area (Å²) in [7, 11) is 0. The number of rotatable bonds is 5. The van der Waals surface area contributed by atoms with Gasteiger partial charge in [0.15, 0.2) is 0 Å². The summed E-state index contributed by atoms with van der Waals surface area (Å²) in [6.45, 7) is 4.93. The first-order chi connectivity index (χ1) is 8.65. The minimum absolute atomic E-state index is 0.311. The van der Waals surface area contributed by atoms with Crippen molar-refractivity contribution >= 4 is 0 Å². The summed E-state index contributed by atoms with van der Waals surface area (Å²) in [5.74, 6) is 0.602. The van der Waals surface area contributed by atoms with Gasteiger partial charge in [-0.25, -0.2) is 4.39 Å². The lowest BCUT2D eigenvalue weighted by Gasteiger charge is -2.04. The Hall–Kier alpha value is -1.75. The average Bonchev–Trinajstić information content (AvgIpc) is 2.77. The number of aromatic nitrogens is 2. The van der Waals surface area contributed by atoms with E-state index in [-0.39, 0.29) is 5.82 Å². The molecule has 1 aromatic heterocycles. The van der Waals surface area contributed by atoms with Crippen LogP contribution in [0.2, 0.25) is 0 Å². The molecule has 0 spiro atoms. The zero-order valence-electron chi connectivity index (χ0n) is 10.5. The second-order valence-corrected chi connectivity index (χ2v) is 4.37.